The van der Waals surface area contributed by atoms with Crippen LogP contribution >= 0.6 is 0 Å². The van der Waals surface area contributed by atoms with E-state index in [1.54, 1.807) is 0 Å². The maximum Gasteiger partial charge on any atom is 0.215 e. The number of rotatable bonds is 8. The summed E-state index contributed by atoms with van der Waals surface area (Å²) in [5, 5.41) is 0. The van der Waals surface area contributed by atoms with Crippen LogP contribution in [0.2, 0.25) is 0 Å². The van der Waals surface area contributed by atoms with Gasteiger partial charge in [0.05, 0.1) is 18.0 Å². The van der Waals surface area contributed by atoms with Crippen molar-refractivity contribution in [3.05, 3.63) is 35.4 Å². The lowest BCUT2D eigenvalue weighted by atomic mass is 10.2. The van der Waals surface area contributed by atoms with Crippen LogP contribution in [0, 0.1) is 6.92 Å². The lowest BCUT2D eigenvalue weighted by Gasteiger charge is -2.35. The molecule has 6 heteroatoms. The van der Waals surface area contributed by atoms with Gasteiger partial charge in [0.25, 0.3) is 0 Å². The van der Waals surface area contributed by atoms with E-state index in [1.807, 2.05) is 31.2 Å². The molecule has 0 aliphatic carbocycles. The molecule has 5 nitrogen and oxygen atoms in total. The molecule has 0 unspecified atom stereocenters. The van der Waals surface area contributed by atoms with Gasteiger partial charge in [-0.05, 0) is 45.7 Å². The molecule has 1 N–H and O–H groups in total. The van der Waals surface area contributed by atoms with E-state index in [0.29, 0.717) is 6.54 Å². The highest BCUT2D eigenvalue weighted by Gasteiger charge is 2.21. The monoisotopic (exact) mass is 354 g/mol. The third-order valence-corrected chi connectivity index (χ3v) is 5.51. The minimum atomic E-state index is -3.26. The Labute approximate surface area is 146 Å². The van der Waals surface area contributed by atoms with Crippen molar-refractivity contribution in [2.45, 2.75) is 51.6 Å². The molecule has 1 aliphatic rings. The Morgan fingerprint density at radius 1 is 1.21 bits per heavy atom. The normalized spacial score (nSPS) is 22.6. The van der Waals surface area contributed by atoms with E-state index in [9.17, 15) is 8.42 Å². The smallest absolute Gasteiger partial charge is 0.215 e. The van der Waals surface area contributed by atoms with E-state index in [4.69, 9.17) is 4.74 Å². The Balaban J connectivity index is 1.66. The number of ether oxygens (including phenoxy) is 1. The van der Waals surface area contributed by atoms with Gasteiger partial charge in [0, 0.05) is 19.6 Å². The van der Waals surface area contributed by atoms with Crippen molar-refractivity contribution >= 4 is 10.0 Å². The minimum absolute atomic E-state index is 0.0488. The van der Waals surface area contributed by atoms with Crippen LogP contribution in [0.4, 0.5) is 0 Å². The van der Waals surface area contributed by atoms with Crippen molar-refractivity contribution in [2.24, 2.45) is 0 Å². The first-order valence-corrected chi connectivity index (χ1v) is 10.4. The van der Waals surface area contributed by atoms with Crippen LogP contribution in [0.5, 0.6) is 0 Å². The standard InChI is InChI=1S/C18H30N2O3S/c1-15-7-6-8-18(11-15)14-24(21,22)19-9-4-5-10-20-12-16(2)23-17(3)13-20/h6-8,11,16-17,19H,4-5,9-10,12-14H2,1-3H3/t16-,17+. The first-order valence-electron chi connectivity index (χ1n) is 8.75. The van der Waals surface area contributed by atoms with Crippen molar-refractivity contribution in [1.29, 1.82) is 0 Å². The Morgan fingerprint density at radius 3 is 2.58 bits per heavy atom. The van der Waals surface area contributed by atoms with Crippen molar-refractivity contribution in [3.63, 3.8) is 0 Å². The number of morpholine rings is 1. The zero-order chi connectivity index (χ0) is 17.6. The van der Waals surface area contributed by atoms with Gasteiger partial charge in [-0.15, -0.1) is 0 Å². The first kappa shape index (κ1) is 19.4. The second-order valence-electron chi connectivity index (χ2n) is 6.87. The van der Waals surface area contributed by atoms with Crippen molar-refractivity contribution < 1.29 is 13.2 Å². The Kier molecular flexibility index (Phi) is 7.22. The highest BCUT2D eigenvalue weighted by molar-refractivity contribution is 7.88. The molecule has 1 fully saturated rings. The van der Waals surface area contributed by atoms with Crippen LogP contribution in [0.25, 0.3) is 0 Å². The summed E-state index contributed by atoms with van der Waals surface area (Å²) < 4.78 is 32.7. The summed E-state index contributed by atoms with van der Waals surface area (Å²) in [6, 6.07) is 7.63. The molecule has 0 aromatic heterocycles. The number of nitrogens with zero attached hydrogens (tertiary/aromatic N) is 1. The van der Waals surface area contributed by atoms with E-state index >= 15 is 0 Å². The molecular formula is C18H30N2O3S. The molecule has 1 aliphatic heterocycles. The fourth-order valence-corrected chi connectivity index (χ4v) is 4.40. The molecule has 1 aromatic rings. The van der Waals surface area contributed by atoms with Gasteiger partial charge in [0.2, 0.25) is 10.0 Å². The molecule has 2 atom stereocenters. The number of benzene rings is 1. The van der Waals surface area contributed by atoms with Gasteiger partial charge >= 0.3 is 0 Å². The minimum Gasteiger partial charge on any atom is -0.373 e. The van der Waals surface area contributed by atoms with Crippen LogP contribution in [-0.2, 0) is 20.5 Å². The summed E-state index contributed by atoms with van der Waals surface area (Å²) in [6.07, 6.45) is 2.41. The van der Waals surface area contributed by atoms with Gasteiger partial charge in [-0.25, -0.2) is 13.1 Å². The molecule has 0 saturated carbocycles. The maximum atomic E-state index is 12.1. The van der Waals surface area contributed by atoms with Gasteiger partial charge in [0.15, 0.2) is 0 Å². The van der Waals surface area contributed by atoms with Crippen molar-refractivity contribution in [3.8, 4) is 0 Å². The largest absolute Gasteiger partial charge is 0.373 e. The number of nitrogens with one attached hydrogen (secondary N) is 1. The molecular weight excluding hydrogens is 324 g/mol. The molecule has 24 heavy (non-hydrogen) atoms. The van der Waals surface area contributed by atoms with Gasteiger partial charge in [-0.3, -0.25) is 4.90 Å². The molecule has 2 rings (SSSR count). The van der Waals surface area contributed by atoms with Gasteiger partial charge in [-0.2, -0.15) is 0 Å². The zero-order valence-electron chi connectivity index (χ0n) is 15.0. The topological polar surface area (TPSA) is 58.6 Å². The summed E-state index contributed by atoms with van der Waals surface area (Å²) >= 11 is 0. The average molecular weight is 355 g/mol. The highest BCUT2D eigenvalue weighted by Crippen LogP contribution is 2.11. The number of hydrogen-bond acceptors (Lipinski definition) is 4. The molecule has 0 spiro atoms. The molecule has 1 aromatic carbocycles. The Morgan fingerprint density at radius 2 is 1.92 bits per heavy atom. The first-order chi connectivity index (χ1) is 11.3. The predicted octanol–water partition coefficient (Wildman–Crippen LogP) is 2.30. The number of sulfonamides is 1. The molecule has 0 bridgehead atoms. The Hall–Kier alpha value is -0.950. The fraction of sp³-hybridized carbons (Fsp3) is 0.667. The fourth-order valence-electron chi connectivity index (χ4n) is 3.23. The second-order valence-corrected chi connectivity index (χ2v) is 8.67. The summed E-state index contributed by atoms with van der Waals surface area (Å²) in [5.74, 6) is 0.0488. The average Bonchev–Trinajstić information content (AvgIpc) is 2.45. The maximum absolute atomic E-state index is 12.1. The van der Waals surface area contributed by atoms with Gasteiger partial charge in [-0.1, -0.05) is 29.8 Å². The predicted molar refractivity (Wildman–Crippen MR) is 97.5 cm³/mol. The van der Waals surface area contributed by atoms with Gasteiger partial charge in [0.1, 0.15) is 0 Å². The number of unbranched alkanes of at least 4 members (excludes halogenated alkanes) is 1. The van der Waals surface area contributed by atoms with E-state index in [0.717, 1.165) is 43.6 Å². The highest BCUT2D eigenvalue weighted by atomic mass is 32.2. The van der Waals surface area contributed by atoms with Crippen LogP contribution in [0.3, 0.4) is 0 Å². The zero-order valence-corrected chi connectivity index (χ0v) is 15.8. The van der Waals surface area contributed by atoms with E-state index in [1.165, 1.54) is 0 Å². The van der Waals surface area contributed by atoms with Crippen LogP contribution in [0.1, 0.15) is 37.8 Å². The third kappa shape index (κ3) is 6.89. The van der Waals surface area contributed by atoms with Crippen molar-refractivity contribution in [2.75, 3.05) is 26.2 Å². The van der Waals surface area contributed by atoms with Crippen LogP contribution in [0.15, 0.2) is 24.3 Å². The Bertz CT molecular complexity index is 608. The van der Waals surface area contributed by atoms with E-state index in [2.05, 4.69) is 23.5 Å². The third-order valence-electron chi connectivity index (χ3n) is 4.16. The molecule has 0 radical (unpaired) electrons. The summed E-state index contributed by atoms with van der Waals surface area (Å²) in [6.45, 7) is 9.59. The number of hydrogen-bond donors (Lipinski definition) is 1. The van der Waals surface area contributed by atoms with Gasteiger partial charge < -0.3 is 4.74 Å². The lowest BCUT2D eigenvalue weighted by Crippen LogP contribution is -2.45. The van der Waals surface area contributed by atoms with Crippen LogP contribution < -0.4 is 4.72 Å². The summed E-state index contributed by atoms with van der Waals surface area (Å²) in [7, 11) is -3.26. The molecule has 1 saturated heterocycles. The van der Waals surface area contributed by atoms with E-state index in [-0.39, 0.29) is 18.0 Å². The quantitative estimate of drug-likeness (QED) is 0.728. The second kappa shape index (κ2) is 8.94. The molecule has 1 heterocycles. The van der Waals surface area contributed by atoms with E-state index < -0.39 is 10.0 Å². The molecule has 136 valence electrons. The SMILES string of the molecule is Cc1cccc(CS(=O)(=O)NCCCCN2C[C@@H](C)O[C@@H](C)C2)c1. The summed E-state index contributed by atoms with van der Waals surface area (Å²) in [4.78, 5) is 2.40. The lowest BCUT2D eigenvalue weighted by molar-refractivity contribution is -0.0681. The molecule has 0 amide bonds. The van der Waals surface area contributed by atoms with Crippen LogP contribution in [-0.4, -0.2) is 51.7 Å². The summed E-state index contributed by atoms with van der Waals surface area (Å²) in [5.41, 5.74) is 1.91. The number of aryl methyl sites for hydroxylation is 1. The van der Waals surface area contributed by atoms with Crippen molar-refractivity contribution in [1.82, 2.24) is 9.62 Å².